The van der Waals surface area contributed by atoms with Gasteiger partial charge < -0.3 is 15.0 Å². The van der Waals surface area contributed by atoms with Gasteiger partial charge in [0.2, 0.25) is 0 Å². The molecule has 0 unspecified atom stereocenters. The largest absolute Gasteiger partial charge is 0.496 e. The van der Waals surface area contributed by atoms with Crippen molar-refractivity contribution in [2.75, 3.05) is 52.9 Å². The van der Waals surface area contributed by atoms with Crippen LogP contribution >= 0.6 is 11.6 Å². The number of rotatable bonds is 8. The van der Waals surface area contributed by atoms with Crippen molar-refractivity contribution >= 4 is 23.6 Å². The molecule has 3 rings (SSSR count). The molecule has 1 aliphatic heterocycles. The predicted molar refractivity (Wildman–Crippen MR) is 119 cm³/mol. The van der Waals surface area contributed by atoms with Gasteiger partial charge >= 0.3 is 0 Å². The zero-order valence-corrected chi connectivity index (χ0v) is 17.6. The first-order valence-electron chi connectivity index (χ1n) is 9.95. The molecule has 1 saturated heterocycles. The van der Waals surface area contributed by atoms with Crippen LogP contribution in [-0.2, 0) is 0 Å². The van der Waals surface area contributed by atoms with Crippen LogP contribution in [0.3, 0.4) is 0 Å². The fourth-order valence-electron chi connectivity index (χ4n) is 3.39. The lowest BCUT2D eigenvalue weighted by Crippen LogP contribution is -2.47. The Balaban J connectivity index is 1.71. The van der Waals surface area contributed by atoms with Gasteiger partial charge in [-0.2, -0.15) is 0 Å². The molecule has 154 valence electrons. The Morgan fingerprint density at radius 3 is 2.66 bits per heavy atom. The second-order valence-electron chi connectivity index (χ2n) is 6.97. The number of halogens is 1. The lowest BCUT2D eigenvalue weighted by Gasteiger charge is -2.30. The van der Waals surface area contributed by atoms with Crippen LogP contribution in [0.25, 0.3) is 6.08 Å². The van der Waals surface area contributed by atoms with Crippen molar-refractivity contribution in [3.63, 3.8) is 0 Å². The number of amides is 1. The molecule has 0 saturated carbocycles. The number of benzene rings is 2. The van der Waals surface area contributed by atoms with Gasteiger partial charge in [0.1, 0.15) is 5.75 Å². The third-order valence-corrected chi connectivity index (χ3v) is 5.38. The Kier molecular flexibility index (Phi) is 8.11. The normalized spacial score (nSPS) is 14.8. The van der Waals surface area contributed by atoms with Crippen molar-refractivity contribution in [2.45, 2.75) is 0 Å². The van der Waals surface area contributed by atoms with E-state index in [1.54, 1.807) is 19.2 Å². The molecule has 1 N–H and O–H groups in total. The highest BCUT2D eigenvalue weighted by atomic mass is 35.5. The summed E-state index contributed by atoms with van der Waals surface area (Å²) in [6.07, 6.45) is 4.00. The molecule has 5 nitrogen and oxygen atoms in total. The van der Waals surface area contributed by atoms with E-state index in [9.17, 15) is 4.79 Å². The van der Waals surface area contributed by atoms with E-state index in [1.165, 1.54) is 0 Å². The molecule has 2 aromatic rings. The minimum atomic E-state index is -0.0459. The summed E-state index contributed by atoms with van der Waals surface area (Å²) in [6.45, 7) is 6.00. The molecule has 1 aliphatic rings. The SMILES string of the molecule is COc1ccccc1/C=C/CN(CCN1CCNCC1)C(=O)c1ccccc1Cl. The fraction of sp³-hybridized carbons (Fsp3) is 0.348. The minimum absolute atomic E-state index is 0.0459. The van der Waals surface area contributed by atoms with E-state index in [1.807, 2.05) is 53.5 Å². The molecule has 1 amide bonds. The second kappa shape index (κ2) is 11.0. The van der Waals surface area contributed by atoms with E-state index < -0.39 is 0 Å². The van der Waals surface area contributed by atoms with E-state index in [0.717, 1.165) is 44.0 Å². The Hall–Kier alpha value is -2.34. The molecule has 1 heterocycles. The number of nitrogens with zero attached hydrogens (tertiary/aromatic N) is 2. The van der Waals surface area contributed by atoms with Crippen molar-refractivity contribution < 1.29 is 9.53 Å². The zero-order chi connectivity index (χ0) is 20.5. The van der Waals surface area contributed by atoms with Crippen LogP contribution in [0.2, 0.25) is 5.02 Å². The Labute approximate surface area is 177 Å². The summed E-state index contributed by atoms with van der Waals surface area (Å²) in [7, 11) is 1.66. The quantitative estimate of drug-likeness (QED) is 0.720. The minimum Gasteiger partial charge on any atom is -0.496 e. The molecule has 2 aromatic carbocycles. The van der Waals surface area contributed by atoms with Crippen LogP contribution in [0, 0.1) is 0 Å². The van der Waals surface area contributed by atoms with Crippen LogP contribution in [0.1, 0.15) is 15.9 Å². The van der Waals surface area contributed by atoms with Gasteiger partial charge in [0.25, 0.3) is 5.91 Å². The molecule has 29 heavy (non-hydrogen) atoms. The van der Waals surface area contributed by atoms with Gasteiger partial charge in [-0.1, -0.05) is 54.1 Å². The van der Waals surface area contributed by atoms with Gasteiger partial charge in [0.15, 0.2) is 0 Å². The zero-order valence-electron chi connectivity index (χ0n) is 16.8. The molecule has 1 fully saturated rings. The summed E-state index contributed by atoms with van der Waals surface area (Å²) in [6, 6.07) is 15.1. The fourth-order valence-corrected chi connectivity index (χ4v) is 3.61. The average molecular weight is 414 g/mol. The van der Waals surface area contributed by atoms with Crippen LogP contribution in [-0.4, -0.2) is 68.6 Å². The first-order chi connectivity index (χ1) is 14.2. The lowest BCUT2D eigenvalue weighted by molar-refractivity contribution is 0.0752. The molecule has 0 aliphatic carbocycles. The highest BCUT2D eigenvalue weighted by molar-refractivity contribution is 6.33. The van der Waals surface area contributed by atoms with Gasteiger partial charge in [0.05, 0.1) is 17.7 Å². The smallest absolute Gasteiger partial charge is 0.255 e. The van der Waals surface area contributed by atoms with Gasteiger partial charge in [-0.25, -0.2) is 0 Å². The molecule has 0 spiro atoms. The molecule has 6 heteroatoms. The highest BCUT2D eigenvalue weighted by Crippen LogP contribution is 2.20. The van der Waals surface area contributed by atoms with Crippen LogP contribution in [0.5, 0.6) is 5.75 Å². The molecular formula is C23H28ClN3O2. The van der Waals surface area contributed by atoms with Gasteiger partial charge in [-0.15, -0.1) is 0 Å². The number of hydrogen-bond acceptors (Lipinski definition) is 4. The third kappa shape index (κ3) is 6.07. The van der Waals surface area contributed by atoms with Crippen molar-refractivity contribution in [1.82, 2.24) is 15.1 Å². The number of carbonyl (C=O) groups excluding carboxylic acids is 1. The summed E-state index contributed by atoms with van der Waals surface area (Å²) in [5, 5.41) is 3.84. The average Bonchev–Trinajstić information content (AvgIpc) is 2.77. The first kappa shape index (κ1) is 21.4. The van der Waals surface area contributed by atoms with Crippen molar-refractivity contribution in [3.05, 3.63) is 70.8 Å². The Morgan fingerprint density at radius 2 is 1.90 bits per heavy atom. The molecule has 0 atom stereocenters. The van der Waals surface area contributed by atoms with Crippen LogP contribution in [0.4, 0.5) is 0 Å². The third-order valence-electron chi connectivity index (χ3n) is 5.05. The van der Waals surface area contributed by atoms with E-state index >= 15 is 0 Å². The molecular weight excluding hydrogens is 386 g/mol. The topological polar surface area (TPSA) is 44.8 Å². The number of nitrogens with one attached hydrogen (secondary N) is 1. The van der Waals surface area contributed by atoms with Crippen molar-refractivity contribution in [3.8, 4) is 5.75 Å². The standard InChI is InChI=1S/C23H28ClN3O2/c1-29-22-11-5-2-7-19(22)8-6-14-27(18-17-26-15-12-25-13-16-26)23(28)20-9-3-4-10-21(20)24/h2-11,25H,12-18H2,1H3/b8-6+. The maximum atomic E-state index is 13.2. The number of hydrogen-bond donors (Lipinski definition) is 1. The molecule has 0 radical (unpaired) electrons. The summed E-state index contributed by atoms with van der Waals surface area (Å²) in [5.41, 5.74) is 1.53. The lowest BCUT2D eigenvalue weighted by atomic mass is 10.1. The van der Waals surface area contributed by atoms with Gasteiger partial charge in [-0.05, 0) is 18.2 Å². The monoisotopic (exact) mass is 413 g/mol. The Morgan fingerprint density at radius 1 is 1.17 bits per heavy atom. The number of para-hydroxylation sites is 1. The molecule has 0 bridgehead atoms. The van der Waals surface area contributed by atoms with Crippen molar-refractivity contribution in [1.29, 1.82) is 0 Å². The number of ether oxygens (including phenoxy) is 1. The summed E-state index contributed by atoms with van der Waals surface area (Å²) in [4.78, 5) is 17.4. The van der Waals surface area contributed by atoms with E-state index in [0.29, 0.717) is 23.7 Å². The number of piperazine rings is 1. The maximum absolute atomic E-state index is 13.2. The van der Waals surface area contributed by atoms with E-state index in [-0.39, 0.29) is 5.91 Å². The first-order valence-corrected chi connectivity index (χ1v) is 10.3. The highest BCUT2D eigenvalue weighted by Gasteiger charge is 2.19. The number of carbonyl (C=O) groups is 1. The number of methoxy groups -OCH3 is 1. The van der Waals surface area contributed by atoms with Crippen LogP contribution < -0.4 is 10.1 Å². The predicted octanol–water partition coefficient (Wildman–Crippen LogP) is 3.41. The van der Waals surface area contributed by atoms with Crippen molar-refractivity contribution in [2.24, 2.45) is 0 Å². The van der Waals surface area contributed by atoms with Gasteiger partial charge in [-0.3, -0.25) is 9.69 Å². The second-order valence-corrected chi connectivity index (χ2v) is 7.37. The van der Waals surface area contributed by atoms with E-state index in [4.69, 9.17) is 16.3 Å². The summed E-state index contributed by atoms with van der Waals surface area (Å²) >= 11 is 6.28. The van der Waals surface area contributed by atoms with Crippen LogP contribution in [0.15, 0.2) is 54.6 Å². The van der Waals surface area contributed by atoms with Gasteiger partial charge in [0, 0.05) is 51.4 Å². The summed E-state index contributed by atoms with van der Waals surface area (Å²) < 4.78 is 5.40. The maximum Gasteiger partial charge on any atom is 0.255 e. The molecule has 0 aromatic heterocycles. The van der Waals surface area contributed by atoms with E-state index in [2.05, 4.69) is 10.2 Å². The Bertz CT molecular complexity index is 834. The summed E-state index contributed by atoms with van der Waals surface area (Å²) in [5.74, 6) is 0.768.